The number of nitrogens with two attached hydrogens (primary N) is 2. The fourth-order valence-corrected chi connectivity index (χ4v) is 13.0. The second-order valence-electron chi connectivity index (χ2n) is 36.8. The third-order valence-corrected chi connectivity index (χ3v) is 19.9. The minimum Gasteiger partial charge on any atom is -0.463 e. The van der Waals surface area contributed by atoms with Crippen LogP contribution in [0.4, 0.5) is 5.82 Å². The van der Waals surface area contributed by atoms with Crippen LogP contribution in [-0.2, 0) is 104 Å². The molecule has 4 rings (SSSR count). The van der Waals surface area contributed by atoms with Crippen molar-refractivity contribution in [3.05, 3.63) is 45.9 Å². The van der Waals surface area contributed by atoms with Gasteiger partial charge in [0, 0.05) is 101 Å². The molecule has 1 saturated heterocycles. The molecule has 8 amide bonds. The summed E-state index contributed by atoms with van der Waals surface area (Å²) in [4.78, 5) is 136. The predicted octanol–water partition coefficient (Wildman–Crippen LogP) is 6.43. The first kappa shape index (κ1) is 109. The number of amides is 8. The topological polar surface area (TPSA) is 462 Å². The van der Waals surface area contributed by atoms with Gasteiger partial charge < -0.3 is 105 Å². The SMILES string of the molecule is CCCCOc1nc(N)c2[nH]c(=O)n(Cc3ccc(CN4CCC(CCNC(=O)[C@@H](CCCCNC(=O)CCCC(=O)NCCOCCOCCOCCOCCC(=O)NC(COCCC(=O)NC(C)(C)CCOC(C)(C)C)(COCCC(=O)NC(C)(C)CCOC(C)(C)C)COCCC(=O)NC(C)(C)CCOC(C)(C)C)NC(=O)CON)CC4)cc3)c2n1. The number of hydrogen-bond donors (Lipinski definition) is 11. The van der Waals surface area contributed by atoms with Crippen LogP contribution in [-0.4, -0.2) is 275 Å². The van der Waals surface area contributed by atoms with Gasteiger partial charge in [0.05, 0.1) is 122 Å². The van der Waals surface area contributed by atoms with Crippen molar-refractivity contribution in [3.8, 4) is 6.01 Å². The number of benzene rings is 1. The lowest BCUT2D eigenvalue weighted by atomic mass is 9.93. The van der Waals surface area contributed by atoms with Crippen molar-refractivity contribution < 1.29 is 95.3 Å². The summed E-state index contributed by atoms with van der Waals surface area (Å²) in [6.45, 7) is 38.1. The van der Waals surface area contributed by atoms with Crippen molar-refractivity contribution >= 4 is 64.2 Å². The van der Waals surface area contributed by atoms with Crippen molar-refractivity contribution in [2.75, 3.05) is 164 Å². The summed E-state index contributed by atoms with van der Waals surface area (Å²) in [5.41, 5.74) is 4.67. The summed E-state index contributed by atoms with van der Waals surface area (Å²) < 4.78 is 66.2. The van der Waals surface area contributed by atoms with Gasteiger partial charge in [-0.05, 0) is 205 Å². The Balaban J connectivity index is 1.10. The zero-order valence-corrected chi connectivity index (χ0v) is 77.6. The molecule has 36 nitrogen and oxygen atoms in total. The van der Waals surface area contributed by atoms with Gasteiger partial charge in [0.2, 0.25) is 47.3 Å². The Morgan fingerprint density at radius 2 is 0.927 bits per heavy atom. The van der Waals surface area contributed by atoms with E-state index in [4.69, 9.17) is 63.7 Å². The third-order valence-electron chi connectivity index (χ3n) is 19.9. The second-order valence-corrected chi connectivity index (χ2v) is 36.8. The molecule has 124 heavy (non-hydrogen) atoms. The molecule has 1 fully saturated rings. The number of fused-ring (bicyclic) bond motifs is 1. The van der Waals surface area contributed by atoms with Crippen LogP contribution in [0.3, 0.4) is 0 Å². The number of aromatic nitrogens is 4. The number of H-pyrrole nitrogens is 1. The molecule has 0 spiro atoms. The molecule has 0 radical (unpaired) electrons. The smallest absolute Gasteiger partial charge is 0.328 e. The van der Waals surface area contributed by atoms with E-state index in [1.807, 2.05) is 116 Å². The number of piperidine rings is 1. The molecule has 1 aromatic carbocycles. The zero-order valence-electron chi connectivity index (χ0n) is 77.6. The Kier molecular flexibility index (Phi) is 50.2. The van der Waals surface area contributed by atoms with Gasteiger partial charge in [-0.1, -0.05) is 37.6 Å². The fourth-order valence-electron chi connectivity index (χ4n) is 13.0. The Hall–Kier alpha value is -7.59. The Bertz CT molecular complexity index is 3530. The molecule has 13 N–H and O–H groups in total. The van der Waals surface area contributed by atoms with Gasteiger partial charge >= 0.3 is 11.7 Å². The standard InChI is InChI=1S/C88H155N15O21/c1-17-18-44-120-80-96-77(89)76-78(97-80)103(81(112)95-76)60-67-27-25-66(26-28-67)59-102-42-30-65(31-43-102)29-40-93-79(111)68(94-75(110)61-124-90)22-19-20-39-91-69(104)23-21-24-70(105)92-41-52-114-54-56-116-58-57-115-55-53-113-45-32-74(109)101-88(62-117-46-33-71(106)98-85(11,12)36-49-121-82(2,3)4,63-118-47-34-72(107)99-86(13,14)37-50-122-83(5,6)7)64-119-48-35-73(108)100-87(15,16)38-51-123-84(8,9)10/h25-28,65,68H,17-24,29-64,90H2,1-16H3,(H,91,104)(H,92,105)(H,93,111)(H,94,110)(H,95,112)(H,98,106)(H,99,107)(H,100,108)(H,101,109)(H2,89,96,97)/t68-/m1/s1. The maximum atomic E-state index is 13.9. The molecule has 1 aliphatic rings. The predicted molar refractivity (Wildman–Crippen MR) is 473 cm³/mol. The summed E-state index contributed by atoms with van der Waals surface area (Å²) in [5.74, 6) is 3.37. The highest BCUT2D eigenvalue weighted by Crippen LogP contribution is 2.25. The van der Waals surface area contributed by atoms with E-state index in [0.717, 1.165) is 62.9 Å². The first-order chi connectivity index (χ1) is 58.6. The number of hydrogen-bond acceptors (Lipinski definition) is 26. The summed E-state index contributed by atoms with van der Waals surface area (Å²) in [6.07, 6.45) is 8.34. The molecule has 0 unspecified atom stereocenters. The molecule has 0 aliphatic carbocycles. The van der Waals surface area contributed by atoms with Crippen LogP contribution >= 0.6 is 0 Å². The summed E-state index contributed by atoms with van der Waals surface area (Å²) in [5, 5.41) is 23.6. The first-order valence-corrected chi connectivity index (χ1v) is 44.4. The number of likely N-dealkylation sites (tertiary alicyclic amines) is 1. The quantitative estimate of drug-likeness (QED) is 0.0214. The number of nitrogens with one attached hydrogen (secondary N) is 9. The molecule has 708 valence electrons. The number of ether oxygens (including phenoxy) is 11. The van der Waals surface area contributed by atoms with Crippen LogP contribution in [0.5, 0.6) is 6.01 Å². The number of carbonyl (C=O) groups is 8. The van der Waals surface area contributed by atoms with Gasteiger partial charge in [0.1, 0.15) is 23.7 Å². The summed E-state index contributed by atoms with van der Waals surface area (Å²) in [7, 11) is 0. The van der Waals surface area contributed by atoms with E-state index >= 15 is 0 Å². The number of rotatable bonds is 67. The second kappa shape index (κ2) is 57.3. The number of aromatic amines is 1. The lowest BCUT2D eigenvalue weighted by Crippen LogP contribution is -2.59. The molecule has 2 aromatic heterocycles. The number of nitrogens with zero attached hydrogens (tertiary/aromatic N) is 4. The molecule has 1 atom stereocenters. The Labute approximate surface area is 735 Å². The number of anilines is 1. The van der Waals surface area contributed by atoms with Gasteiger partial charge in [-0.15, -0.1) is 0 Å². The molecule has 3 heterocycles. The number of carbonyl (C=O) groups excluding carboxylic acids is 8. The van der Waals surface area contributed by atoms with Gasteiger partial charge in [-0.25, -0.2) is 10.7 Å². The summed E-state index contributed by atoms with van der Waals surface area (Å²) in [6, 6.07) is 7.50. The van der Waals surface area contributed by atoms with Crippen molar-refractivity contribution in [2.45, 2.75) is 284 Å². The molecular formula is C88H155N15O21. The fraction of sp³-hybridized carbons (Fsp3) is 0.784. The summed E-state index contributed by atoms with van der Waals surface area (Å²) >= 11 is 0. The van der Waals surface area contributed by atoms with Crippen LogP contribution in [0.15, 0.2) is 29.1 Å². The van der Waals surface area contributed by atoms with Crippen LogP contribution in [0.2, 0.25) is 0 Å². The largest absolute Gasteiger partial charge is 0.463 e. The number of imidazole rings is 1. The van der Waals surface area contributed by atoms with Crippen LogP contribution in [0.1, 0.15) is 237 Å². The van der Waals surface area contributed by atoms with Crippen LogP contribution in [0, 0.1) is 5.92 Å². The van der Waals surface area contributed by atoms with E-state index in [1.54, 1.807) is 0 Å². The van der Waals surface area contributed by atoms with E-state index < -0.39 is 46.6 Å². The van der Waals surface area contributed by atoms with Crippen molar-refractivity contribution in [1.82, 2.24) is 67.0 Å². The normalized spacial score (nSPS) is 13.7. The average molecular weight is 1760 g/mol. The average Bonchev–Trinajstić information content (AvgIpc) is 1.63. The van der Waals surface area contributed by atoms with Crippen LogP contribution in [0.25, 0.3) is 11.2 Å². The van der Waals surface area contributed by atoms with Crippen molar-refractivity contribution in [2.24, 2.45) is 11.8 Å². The van der Waals surface area contributed by atoms with Gasteiger partial charge in [-0.2, -0.15) is 9.97 Å². The molecule has 0 bridgehead atoms. The van der Waals surface area contributed by atoms with Crippen molar-refractivity contribution in [1.29, 1.82) is 0 Å². The monoisotopic (exact) mass is 1760 g/mol. The maximum Gasteiger partial charge on any atom is 0.328 e. The van der Waals surface area contributed by atoms with E-state index in [9.17, 15) is 43.2 Å². The maximum absolute atomic E-state index is 13.9. The van der Waals surface area contributed by atoms with E-state index in [-0.39, 0.29) is 201 Å². The molecule has 1 aliphatic heterocycles. The molecule has 36 heteroatoms. The lowest BCUT2D eigenvalue weighted by Gasteiger charge is -2.34. The third kappa shape index (κ3) is 50.7. The van der Waals surface area contributed by atoms with Gasteiger partial charge in [-0.3, -0.25) is 52.7 Å². The molecular weight excluding hydrogens is 1600 g/mol. The Morgan fingerprint density at radius 3 is 1.40 bits per heavy atom. The zero-order chi connectivity index (χ0) is 91.7. The number of nitrogen functional groups attached to an aromatic ring is 1. The highest BCUT2D eigenvalue weighted by Gasteiger charge is 2.36. The van der Waals surface area contributed by atoms with E-state index in [2.05, 4.69) is 86.3 Å². The Morgan fingerprint density at radius 1 is 0.484 bits per heavy atom. The molecule has 3 aromatic rings. The lowest BCUT2D eigenvalue weighted by molar-refractivity contribution is -0.132. The molecule has 0 saturated carbocycles. The van der Waals surface area contributed by atoms with E-state index in [0.29, 0.717) is 115 Å². The minimum absolute atomic E-state index is 0.01000. The first-order valence-electron chi connectivity index (χ1n) is 44.4. The number of unbranched alkanes of at least 4 members (excludes halogenated alkanes) is 2. The van der Waals surface area contributed by atoms with Gasteiger partial charge in [0.15, 0.2) is 11.5 Å². The van der Waals surface area contributed by atoms with Crippen LogP contribution < -0.4 is 64.6 Å². The minimum atomic E-state index is -1.34. The van der Waals surface area contributed by atoms with E-state index in [1.165, 1.54) is 4.57 Å². The van der Waals surface area contributed by atoms with Crippen molar-refractivity contribution in [3.63, 3.8) is 0 Å². The highest BCUT2D eigenvalue weighted by molar-refractivity contribution is 5.88. The van der Waals surface area contributed by atoms with Gasteiger partial charge in [0.25, 0.3) is 0 Å². The highest BCUT2D eigenvalue weighted by atomic mass is 16.6.